The van der Waals surface area contributed by atoms with Gasteiger partial charge >= 0.3 is 0 Å². The molecule has 1 nitrogen and oxygen atoms in total. The smallest absolute Gasteiger partial charge is 0.207 e. The van der Waals surface area contributed by atoms with Crippen molar-refractivity contribution >= 4 is 11.6 Å². The van der Waals surface area contributed by atoms with E-state index in [-0.39, 0.29) is 17.2 Å². The molecule has 5 heteroatoms. The van der Waals surface area contributed by atoms with Crippen LogP contribution in [0.1, 0.15) is 13.3 Å². The number of halogens is 4. The van der Waals surface area contributed by atoms with E-state index in [2.05, 4.69) is 5.73 Å². The standard InChI is InChI=1S/C14H10ClF3O/c1-8-2-4-10(17)12(5-3-8)19-13-7-9(16)6-11(18)14(13)15/h2-3,5-6,13H,7H2,1H3. The van der Waals surface area contributed by atoms with Crippen LogP contribution in [0.4, 0.5) is 13.2 Å². The van der Waals surface area contributed by atoms with Gasteiger partial charge in [-0.3, -0.25) is 0 Å². The zero-order valence-corrected chi connectivity index (χ0v) is 10.8. The van der Waals surface area contributed by atoms with Crippen LogP contribution in [-0.4, -0.2) is 6.10 Å². The summed E-state index contributed by atoms with van der Waals surface area (Å²) in [5.74, 6) is -2.50. The van der Waals surface area contributed by atoms with E-state index in [0.717, 1.165) is 5.57 Å². The van der Waals surface area contributed by atoms with Gasteiger partial charge in [-0.1, -0.05) is 23.4 Å². The Labute approximate surface area is 113 Å². The van der Waals surface area contributed by atoms with Crippen molar-refractivity contribution in [2.24, 2.45) is 0 Å². The summed E-state index contributed by atoms with van der Waals surface area (Å²) >= 11 is 5.70. The van der Waals surface area contributed by atoms with Crippen molar-refractivity contribution < 1.29 is 17.9 Å². The highest BCUT2D eigenvalue weighted by Crippen LogP contribution is 2.33. The fourth-order valence-corrected chi connectivity index (χ4v) is 1.78. The summed E-state index contributed by atoms with van der Waals surface area (Å²) in [7, 11) is 0. The molecular weight excluding hydrogens is 277 g/mol. The van der Waals surface area contributed by atoms with Crippen LogP contribution in [0.25, 0.3) is 0 Å². The summed E-state index contributed by atoms with van der Waals surface area (Å²) in [4.78, 5) is 0. The lowest BCUT2D eigenvalue weighted by Crippen LogP contribution is -2.17. The van der Waals surface area contributed by atoms with Crippen molar-refractivity contribution in [1.29, 1.82) is 0 Å². The minimum absolute atomic E-state index is 0.154. The van der Waals surface area contributed by atoms with Crippen molar-refractivity contribution in [1.82, 2.24) is 0 Å². The minimum Gasteiger partial charge on any atom is -0.480 e. The van der Waals surface area contributed by atoms with Crippen molar-refractivity contribution in [3.63, 3.8) is 0 Å². The Morgan fingerprint density at radius 1 is 1.32 bits per heavy atom. The van der Waals surface area contributed by atoms with E-state index in [0.29, 0.717) is 6.08 Å². The second kappa shape index (κ2) is 5.55. The van der Waals surface area contributed by atoms with Gasteiger partial charge in [0.2, 0.25) is 5.83 Å². The normalized spacial score (nSPS) is 23.3. The first-order valence-electron chi connectivity index (χ1n) is 5.56. The van der Waals surface area contributed by atoms with E-state index in [1.54, 1.807) is 13.0 Å². The molecule has 100 valence electrons. The fourth-order valence-electron chi connectivity index (χ4n) is 1.60. The maximum atomic E-state index is 13.6. The molecule has 0 aromatic rings. The maximum absolute atomic E-state index is 13.6. The van der Waals surface area contributed by atoms with Crippen LogP contribution in [0.5, 0.6) is 0 Å². The van der Waals surface area contributed by atoms with E-state index in [1.165, 1.54) is 12.2 Å². The van der Waals surface area contributed by atoms with Crippen molar-refractivity contribution in [3.8, 4) is 0 Å². The number of hydrogen-bond donors (Lipinski definition) is 0. The molecule has 0 heterocycles. The SMILES string of the molecule is CC1=CC=C(OC2CC(F)=CC(F)=C2Cl)C(F)=C=C1. The highest BCUT2D eigenvalue weighted by molar-refractivity contribution is 6.30. The third-order valence-corrected chi connectivity index (χ3v) is 3.01. The van der Waals surface area contributed by atoms with Crippen molar-refractivity contribution in [2.45, 2.75) is 19.4 Å². The van der Waals surface area contributed by atoms with E-state index < -0.39 is 23.6 Å². The van der Waals surface area contributed by atoms with E-state index in [1.807, 2.05) is 0 Å². The predicted molar refractivity (Wildman–Crippen MR) is 67.2 cm³/mol. The quantitative estimate of drug-likeness (QED) is 0.656. The van der Waals surface area contributed by atoms with Crippen LogP contribution >= 0.6 is 11.6 Å². The molecule has 0 saturated carbocycles. The maximum Gasteiger partial charge on any atom is 0.207 e. The molecule has 0 radical (unpaired) electrons. The Hall–Kier alpha value is -1.64. The van der Waals surface area contributed by atoms with E-state index in [9.17, 15) is 13.2 Å². The molecule has 2 rings (SSSR count). The van der Waals surface area contributed by atoms with Crippen LogP contribution in [0, 0.1) is 0 Å². The van der Waals surface area contributed by atoms with Gasteiger partial charge in [0.15, 0.2) is 5.76 Å². The third-order valence-electron chi connectivity index (χ3n) is 2.58. The second-order valence-corrected chi connectivity index (χ2v) is 4.55. The van der Waals surface area contributed by atoms with E-state index in [4.69, 9.17) is 16.3 Å². The van der Waals surface area contributed by atoms with Crippen molar-refractivity contribution in [2.75, 3.05) is 0 Å². The largest absolute Gasteiger partial charge is 0.480 e. The lowest BCUT2D eigenvalue weighted by Gasteiger charge is -2.21. The summed E-state index contributed by atoms with van der Waals surface area (Å²) < 4.78 is 45.3. The van der Waals surface area contributed by atoms with Gasteiger partial charge in [0.05, 0.1) is 5.03 Å². The molecule has 2 aliphatic carbocycles. The Morgan fingerprint density at radius 3 is 2.79 bits per heavy atom. The molecule has 0 aromatic carbocycles. The van der Waals surface area contributed by atoms with Crippen LogP contribution in [0.3, 0.4) is 0 Å². The molecule has 2 aliphatic rings. The first-order chi connectivity index (χ1) is 8.97. The van der Waals surface area contributed by atoms with Gasteiger partial charge in [0.25, 0.3) is 0 Å². The minimum atomic E-state index is -1.07. The molecule has 0 fully saturated rings. The van der Waals surface area contributed by atoms with Gasteiger partial charge in [-0.15, -0.1) is 0 Å². The molecule has 0 amide bonds. The van der Waals surface area contributed by atoms with Gasteiger partial charge in [0.1, 0.15) is 17.8 Å². The molecule has 0 saturated heterocycles. The van der Waals surface area contributed by atoms with Crippen LogP contribution in [0.2, 0.25) is 0 Å². The summed E-state index contributed by atoms with van der Waals surface area (Å²) in [6, 6.07) is 0. The van der Waals surface area contributed by atoms with Crippen LogP contribution in [-0.2, 0) is 4.74 Å². The molecule has 0 aliphatic heterocycles. The van der Waals surface area contributed by atoms with Gasteiger partial charge in [-0.25, -0.2) is 8.78 Å². The third kappa shape index (κ3) is 3.22. The summed E-state index contributed by atoms with van der Waals surface area (Å²) in [6.07, 6.45) is 3.82. The lowest BCUT2D eigenvalue weighted by atomic mass is 10.1. The average molecular weight is 287 g/mol. The number of hydrogen-bond acceptors (Lipinski definition) is 1. The molecule has 1 unspecified atom stereocenters. The lowest BCUT2D eigenvalue weighted by molar-refractivity contribution is 0.140. The molecule has 19 heavy (non-hydrogen) atoms. The zero-order chi connectivity index (χ0) is 14.0. The van der Waals surface area contributed by atoms with Crippen LogP contribution in [0.15, 0.2) is 63.9 Å². The van der Waals surface area contributed by atoms with Gasteiger partial charge in [-0.2, -0.15) is 4.39 Å². The first-order valence-corrected chi connectivity index (χ1v) is 5.94. The average Bonchev–Trinajstić information content (AvgIpc) is 2.50. The molecule has 0 bridgehead atoms. The Bertz CT molecular complexity index is 590. The number of rotatable bonds is 2. The highest BCUT2D eigenvalue weighted by atomic mass is 35.5. The number of ether oxygens (including phenoxy) is 1. The Morgan fingerprint density at radius 2 is 2.05 bits per heavy atom. The van der Waals surface area contributed by atoms with E-state index >= 15 is 0 Å². The summed E-state index contributed by atoms with van der Waals surface area (Å²) in [6.45, 7) is 1.76. The number of allylic oxidation sites excluding steroid dienone is 6. The molecular formula is C14H10ClF3O. The highest BCUT2D eigenvalue weighted by Gasteiger charge is 2.26. The summed E-state index contributed by atoms with van der Waals surface area (Å²) in [5, 5.41) is -0.274. The first kappa shape index (κ1) is 13.8. The van der Waals surface area contributed by atoms with Gasteiger partial charge in [0, 0.05) is 12.5 Å². The molecule has 1 atom stereocenters. The van der Waals surface area contributed by atoms with Crippen LogP contribution < -0.4 is 0 Å². The Balaban J connectivity index is 2.24. The van der Waals surface area contributed by atoms with Gasteiger partial charge in [-0.05, 0) is 24.6 Å². The topological polar surface area (TPSA) is 9.23 Å². The summed E-state index contributed by atoms with van der Waals surface area (Å²) in [5.41, 5.74) is 3.15. The van der Waals surface area contributed by atoms with Gasteiger partial charge < -0.3 is 4.74 Å². The molecule has 0 N–H and O–H groups in total. The second-order valence-electron chi connectivity index (χ2n) is 4.14. The fraction of sp³-hybridized carbons (Fsp3) is 0.214. The molecule has 0 spiro atoms. The predicted octanol–water partition coefficient (Wildman–Crippen LogP) is 4.90. The van der Waals surface area contributed by atoms with Crippen molar-refractivity contribution in [3.05, 3.63) is 63.9 Å². The zero-order valence-electron chi connectivity index (χ0n) is 10.0. The monoisotopic (exact) mass is 286 g/mol. The molecule has 0 aromatic heterocycles. The Kier molecular flexibility index (Phi) is 4.03.